The summed E-state index contributed by atoms with van der Waals surface area (Å²) in [4.78, 5) is 21.7. The van der Waals surface area contributed by atoms with Gasteiger partial charge in [-0.15, -0.1) is 0 Å². The molecule has 2 aliphatic rings. The maximum Gasteiger partial charge on any atom is 0.163 e. The van der Waals surface area contributed by atoms with Gasteiger partial charge in [0.1, 0.15) is 11.7 Å². The number of hydrogen-bond donors (Lipinski definition) is 1. The van der Waals surface area contributed by atoms with E-state index in [1.54, 1.807) is 6.20 Å². The van der Waals surface area contributed by atoms with E-state index in [-0.39, 0.29) is 11.8 Å². The highest BCUT2D eigenvalue weighted by Crippen LogP contribution is 2.36. The van der Waals surface area contributed by atoms with Crippen LogP contribution in [0.15, 0.2) is 71.0 Å². The van der Waals surface area contributed by atoms with E-state index in [9.17, 15) is 4.79 Å². The van der Waals surface area contributed by atoms with Gasteiger partial charge in [0.25, 0.3) is 0 Å². The van der Waals surface area contributed by atoms with E-state index in [1.165, 1.54) is 0 Å². The van der Waals surface area contributed by atoms with Crippen LogP contribution in [0.25, 0.3) is 0 Å². The van der Waals surface area contributed by atoms with Crippen LogP contribution in [0.2, 0.25) is 0 Å². The monoisotopic (exact) mass is 303 g/mol. The number of aromatic nitrogens is 1. The number of amidine groups is 1. The van der Waals surface area contributed by atoms with E-state index in [0.29, 0.717) is 6.42 Å². The molecule has 0 saturated carbocycles. The molecule has 0 unspecified atom stereocenters. The molecule has 0 amide bonds. The molecule has 0 bridgehead atoms. The van der Waals surface area contributed by atoms with Gasteiger partial charge in [-0.2, -0.15) is 0 Å². The van der Waals surface area contributed by atoms with Crippen LogP contribution in [0, 0.1) is 0 Å². The Morgan fingerprint density at radius 1 is 1.00 bits per heavy atom. The van der Waals surface area contributed by atoms with Crippen molar-refractivity contribution in [3.63, 3.8) is 0 Å². The molecular weight excluding hydrogens is 286 g/mol. The van der Waals surface area contributed by atoms with Crippen LogP contribution in [-0.4, -0.2) is 16.6 Å². The molecule has 1 aliphatic heterocycles. The van der Waals surface area contributed by atoms with Crippen molar-refractivity contribution in [3.8, 4) is 0 Å². The fraction of sp³-hybridized carbons (Fsp3) is 0.211. The number of aliphatic imine (C=N–C) groups is 1. The molecular formula is C19H17N3O. The fourth-order valence-corrected chi connectivity index (χ4v) is 3.19. The van der Waals surface area contributed by atoms with E-state index in [0.717, 1.165) is 41.2 Å². The van der Waals surface area contributed by atoms with Gasteiger partial charge in [0.2, 0.25) is 0 Å². The Bertz CT molecular complexity index is 794. The average Bonchev–Trinajstić information content (AvgIpc) is 2.62. The summed E-state index contributed by atoms with van der Waals surface area (Å²) in [5, 5.41) is 3.35. The van der Waals surface area contributed by atoms with Gasteiger partial charge in [0.05, 0.1) is 0 Å². The average molecular weight is 303 g/mol. The summed E-state index contributed by atoms with van der Waals surface area (Å²) in [6, 6.07) is 15.5. The van der Waals surface area contributed by atoms with Gasteiger partial charge in [-0.1, -0.05) is 36.4 Å². The number of nitrogens with one attached hydrogen (secondary N) is 1. The summed E-state index contributed by atoms with van der Waals surface area (Å²) in [5.74, 6) is 0.948. The molecule has 1 atom stereocenters. The third kappa shape index (κ3) is 2.57. The number of hydrogen-bond acceptors (Lipinski definition) is 4. The van der Waals surface area contributed by atoms with Crippen molar-refractivity contribution in [3.05, 3.63) is 77.3 Å². The minimum atomic E-state index is -0.239. The predicted octanol–water partition coefficient (Wildman–Crippen LogP) is 3.18. The highest BCUT2D eigenvalue weighted by Gasteiger charge is 2.32. The van der Waals surface area contributed by atoms with E-state index in [4.69, 9.17) is 4.99 Å². The number of ketones is 1. The number of Topliss-reactive ketones (excluding diaryl/α,β-unsaturated/α-hetero) is 1. The van der Waals surface area contributed by atoms with Gasteiger partial charge in [-0.05, 0) is 30.5 Å². The van der Waals surface area contributed by atoms with Crippen LogP contribution in [0.3, 0.4) is 0 Å². The zero-order chi connectivity index (χ0) is 15.6. The lowest BCUT2D eigenvalue weighted by Gasteiger charge is -2.30. The third-order valence-electron chi connectivity index (χ3n) is 4.28. The first kappa shape index (κ1) is 13.9. The van der Waals surface area contributed by atoms with Gasteiger partial charge in [0, 0.05) is 23.9 Å². The van der Waals surface area contributed by atoms with Crippen molar-refractivity contribution >= 4 is 11.6 Å². The maximum absolute atomic E-state index is 12.5. The minimum absolute atomic E-state index is 0.205. The Morgan fingerprint density at radius 2 is 1.83 bits per heavy atom. The molecule has 1 aromatic carbocycles. The first-order valence-corrected chi connectivity index (χ1v) is 7.90. The van der Waals surface area contributed by atoms with Crippen molar-refractivity contribution < 1.29 is 4.79 Å². The van der Waals surface area contributed by atoms with Gasteiger partial charge in [-0.3, -0.25) is 14.8 Å². The molecule has 2 heterocycles. The Kier molecular flexibility index (Phi) is 3.50. The highest BCUT2D eigenvalue weighted by atomic mass is 16.1. The Labute approximate surface area is 135 Å². The summed E-state index contributed by atoms with van der Waals surface area (Å²) in [7, 11) is 0. The van der Waals surface area contributed by atoms with E-state index in [1.807, 2.05) is 48.5 Å². The molecule has 0 spiro atoms. The zero-order valence-corrected chi connectivity index (χ0v) is 12.7. The number of nitrogens with zero attached hydrogens (tertiary/aromatic N) is 2. The first-order chi connectivity index (χ1) is 11.3. The second kappa shape index (κ2) is 5.80. The molecule has 23 heavy (non-hydrogen) atoms. The topological polar surface area (TPSA) is 54.4 Å². The second-order valence-corrected chi connectivity index (χ2v) is 5.80. The molecule has 0 radical (unpaired) electrons. The smallest absolute Gasteiger partial charge is 0.163 e. The molecule has 4 heteroatoms. The molecule has 2 aromatic rings. The molecule has 4 rings (SSSR count). The molecule has 114 valence electrons. The summed E-state index contributed by atoms with van der Waals surface area (Å²) in [6.45, 7) is 0. The Balaban J connectivity index is 1.83. The fourth-order valence-electron chi connectivity index (χ4n) is 3.19. The van der Waals surface area contributed by atoms with Crippen molar-refractivity contribution in [2.45, 2.75) is 25.3 Å². The molecule has 1 aromatic heterocycles. The molecule has 1 aliphatic carbocycles. The molecule has 4 nitrogen and oxygen atoms in total. The number of carbonyl (C=O) groups excluding carboxylic acids is 1. The summed E-state index contributed by atoms with van der Waals surface area (Å²) in [6.07, 6.45) is 4.14. The highest BCUT2D eigenvalue weighted by molar-refractivity contribution is 6.05. The summed E-state index contributed by atoms with van der Waals surface area (Å²) < 4.78 is 0. The van der Waals surface area contributed by atoms with Crippen molar-refractivity contribution in [2.24, 2.45) is 4.99 Å². The zero-order valence-electron chi connectivity index (χ0n) is 12.7. The predicted molar refractivity (Wildman–Crippen MR) is 89.0 cm³/mol. The van der Waals surface area contributed by atoms with E-state index in [2.05, 4.69) is 10.3 Å². The SMILES string of the molecule is O=C1CCCC2=C1[C@H](c1ccccc1)N=C(c1ccccn1)N2. The van der Waals surface area contributed by atoms with Gasteiger partial charge in [0.15, 0.2) is 11.6 Å². The van der Waals surface area contributed by atoms with Crippen molar-refractivity contribution in [1.82, 2.24) is 10.3 Å². The van der Waals surface area contributed by atoms with Crippen LogP contribution in [0.5, 0.6) is 0 Å². The standard InChI is InChI=1S/C19H17N3O/c23-16-11-6-10-14-17(16)18(13-7-2-1-3-8-13)22-19(21-14)15-9-4-5-12-20-15/h1-5,7-9,12,18H,6,10-11H2,(H,21,22)/t18-/m0/s1. The van der Waals surface area contributed by atoms with Gasteiger partial charge < -0.3 is 5.32 Å². The molecule has 0 saturated heterocycles. The normalized spacial score (nSPS) is 20.6. The number of carbonyl (C=O) groups is 1. The number of benzene rings is 1. The minimum Gasteiger partial charge on any atom is -0.342 e. The van der Waals surface area contributed by atoms with Gasteiger partial charge in [-0.25, -0.2) is 0 Å². The Morgan fingerprint density at radius 3 is 2.61 bits per heavy atom. The lowest BCUT2D eigenvalue weighted by molar-refractivity contribution is -0.116. The van der Waals surface area contributed by atoms with Crippen LogP contribution in [0.1, 0.15) is 36.6 Å². The van der Waals surface area contributed by atoms with Gasteiger partial charge >= 0.3 is 0 Å². The largest absolute Gasteiger partial charge is 0.342 e. The van der Waals surface area contributed by atoms with Crippen molar-refractivity contribution in [2.75, 3.05) is 0 Å². The number of allylic oxidation sites excluding steroid dienone is 1. The quantitative estimate of drug-likeness (QED) is 0.927. The van der Waals surface area contributed by atoms with Crippen LogP contribution >= 0.6 is 0 Å². The summed E-state index contributed by atoms with van der Waals surface area (Å²) >= 11 is 0. The lowest BCUT2D eigenvalue weighted by Crippen LogP contribution is -2.35. The molecule has 1 N–H and O–H groups in total. The van der Waals surface area contributed by atoms with E-state index < -0.39 is 0 Å². The van der Waals surface area contributed by atoms with Crippen LogP contribution < -0.4 is 5.32 Å². The van der Waals surface area contributed by atoms with Crippen LogP contribution in [-0.2, 0) is 4.79 Å². The van der Waals surface area contributed by atoms with Crippen LogP contribution in [0.4, 0.5) is 0 Å². The molecule has 0 fully saturated rings. The first-order valence-electron chi connectivity index (χ1n) is 7.90. The second-order valence-electron chi connectivity index (χ2n) is 5.80. The number of rotatable bonds is 2. The maximum atomic E-state index is 12.5. The number of pyridine rings is 1. The third-order valence-corrected chi connectivity index (χ3v) is 4.28. The summed E-state index contributed by atoms with van der Waals surface area (Å²) in [5.41, 5.74) is 3.68. The Hall–Kier alpha value is -2.75. The van der Waals surface area contributed by atoms with E-state index >= 15 is 0 Å². The lowest BCUT2D eigenvalue weighted by atomic mass is 9.85. The van der Waals surface area contributed by atoms with Crippen molar-refractivity contribution in [1.29, 1.82) is 0 Å².